The molecule has 0 bridgehead atoms. The van der Waals surface area contributed by atoms with Crippen LogP contribution >= 0.6 is 22.9 Å². The topological polar surface area (TPSA) is 37.4 Å². The number of anilines is 1. The Balaban J connectivity index is 2.39. The fourth-order valence-corrected chi connectivity index (χ4v) is 4.32. The van der Waals surface area contributed by atoms with E-state index in [1.54, 1.807) is 5.38 Å². The van der Waals surface area contributed by atoms with Gasteiger partial charge in [-0.25, -0.2) is 12.8 Å². The fraction of sp³-hybridized carbons (Fsp3) is 0.167. The minimum Gasteiger partial charge on any atom is -0.269 e. The Morgan fingerprint density at radius 3 is 2.68 bits per heavy atom. The van der Waals surface area contributed by atoms with Gasteiger partial charge in [0.05, 0.1) is 5.69 Å². The zero-order chi connectivity index (χ0) is 14.0. The molecule has 3 nitrogen and oxygen atoms in total. The Bertz CT molecular complexity index is 685. The van der Waals surface area contributed by atoms with Gasteiger partial charge in [0.1, 0.15) is 10.0 Å². The van der Waals surface area contributed by atoms with Crippen molar-refractivity contribution in [1.82, 2.24) is 0 Å². The molecule has 2 aromatic rings. The summed E-state index contributed by atoms with van der Waals surface area (Å²) in [5, 5.41) is 1.69. The monoisotopic (exact) mass is 319 g/mol. The van der Waals surface area contributed by atoms with E-state index in [0.717, 1.165) is 21.2 Å². The summed E-state index contributed by atoms with van der Waals surface area (Å²) in [4.78, 5) is 0. The number of thiophene rings is 1. The summed E-state index contributed by atoms with van der Waals surface area (Å²) in [6.45, 7) is 0. The van der Waals surface area contributed by atoms with Crippen molar-refractivity contribution in [3.8, 4) is 0 Å². The van der Waals surface area contributed by atoms with Gasteiger partial charge in [0.2, 0.25) is 0 Å². The first-order valence-electron chi connectivity index (χ1n) is 5.33. The standard InChI is InChI=1S/C12H11ClFNO2S2/c1-15(11-4-2-3-10(14)6-11)19(16,17)12-5-9(7-13)8-18-12/h2-6,8H,7H2,1H3. The third kappa shape index (κ3) is 2.91. The van der Waals surface area contributed by atoms with Crippen molar-refractivity contribution in [2.24, 2.45) is 0 Å². The molecule has 0 radical (unpaired) electrons. The second-order valence-corrected chi connectivity index (χ2v) is 7.23. The lowest BCUT2D eigenvalue weighted by Crippen LogP contribution is -2.25. The first-order chi connectivity index (χ1) is 8.95. The summed E-state index contributed by atoms with van der Waals surface area (Å²) >= 11 is 6.76. The lowest BCUT2D eigenvalue weighted by atomic mass is 10.3. The molecule has 102 valence electrons. The molecule has 0 unspecified atom stereocenters. The number of hydrogen-bond donors (Lipinski definition) is 0. The highest BCUT2D eigenvalue weighted by Gasteiger charge is 2.23. The Labute approximate surface area is 120 Å². The normalized spacial score (nSPS) is 11.5. The maximum Gasteiger partial charge on any atom is 0.273 e. The van der Waals surface area contributed by atoms with Crippen LogP contribution < -0.4 is 4.31 Å². The van der Waals surface area contributed by atoms with E-state index in [0.29, 0.717) is 0 Å². The van der Waals surface area contributed by atoms with E-state index in [9.17, 15) is 12.8 Å². The molecule has 1 aromatic carbocycles. The van der Waals surface area contributed by atoms with Gasteiger partial charge in [-0.3, -0.25) is 4.31 Å². The second-order valence-electron chi connectivity index (χ2n) is 3.86. The van der Waals surface area contributed by atoms with Crippen LogP contribution in [0.5, 0.6) is 0 Å². The number of benzene rings is 1. The minimum absolute atomic E-state index is 0.190. The highest BCUT2D eigenvalue weighted by molar-refractivity contribution is 7.94. The van der Waals surface area contributed by atoms with Crippen molar-refractivity contribution in [2.45, 2.75) is 10.1 Å². The van der Waals surface area contributed by atoms with Gasteiger partial charge in [0, 0.05) is 12.9 Å². The van der Waals surface area contributed by atoms with Gasteiger partial charge < -0.3 is 0 Å². The molecular formula is C12H11ClFNO2S2. The molecule has 0 aliphatic heterocycles. The number of hydrogen-bond acceptors (Lipinski definition) is 3. The maximum atomic E-state index is 13.1. The van der Waals surface area contributed by atoms with Crippen molar-refractivity contribution in [2.75, 3.05) is 11.4 Å². The van der Waals surface area contributed by atoms with E-state index in [4.69, 9.17) is 11.6 Å². The number of nitrogens with zero attached hydrogens (tertiary/aromatic N) is 1. The van der Waals surface area contributed by atoms with Crippen LogP contribution in [0, 0.1) is 5.82 Å². The molecule has 19 heavy (non-hydrogen) atoms. The third-order valence-electron chi connectivity index (χ3n) is 2.57. The molecule has 0 amide bonds. The summed E-state index contributed by atoms with van der Waals surface area (Å²) < 4.78 is 39.1. The predicted octanol–water partition coefficient (Wildman–Crippen LogP) is 3.45. The van der Waals surface area contributed by atoms with Crippen molar-refractivity contribution in [3.05, 3.63) is 47.1 Å². The van der Waals surface area contributed by atoms with Crippen LogP contribution in [0.1, 0.15) is 5.56 Å². The van der Waals surface area contributed by atoms with Crippen LogP contribution in [0.3, 0.4) is 0 Å². The molecule has 0 saturated carbocycles. The van der Waals surface area contributed by atoms with Crippen LogP contribution in [-0.2, 0) is 15.9 Å². The van der Waals surface area contributed by atoms with Crippen molar-refractivity contribution in [1.29, 1.82) is 0 Å². The van der Waals surface area contributed by atoms with E-state index in [-0.39, 0.29) is 15.8 Å². The zero-order valence-electron chi connectivity index (χ0n) is 10.0. The Morgan fingerprint density at radius 2 is 2.11 bits per heavy atom. The Hall–Kier alpha value is -1.11. The molecule has 7 heteroatoms. The van der Waals surface area contributed by atoms with Gasteiger partial charge >= 0.3 is 0 Å². The molecule has 0 fully saturated rings. The fourth-order valence-electron chi connectivity index (χ4n) is 1.50. The second kappa shape index (κ2) is 5.48. The molecule has 0 spiro atoms. The Morgan fingerprint density at radius 1 is 1.37 bits per heavy atom. The highest BCUT2D eigenvalue weighted by atomic mass is 35.5. The van der Waals surface area contributed by atoms with Gasteiger partial charge in [-0.2, -0.15) is 0 Å². The quantitative estimate of drug-likeness (QED) is 0.809. The van der Waals surface area contributed by atoms with Crippen LogP contribution in [0.25, 0.3) is 0 Å². The highest BCUT2D eigenvalue weighted by Crippen LogP contribution is 2.27. The molecule has 0 atom stereocenters. The minimum atomic E-state index is -3.67. The van der Waals surface area contributed by atoms with Crippen LogP contribution in [0.4, 0.5) is 10.1 Å². The van der Waals surface area contributed by atoms with Crippen LogP contribution in [0.15, 0.2) is 39.9 Å². The van der Waals surface area contributed by atoms with Gasteiger partial charge in [-0.15, -0.1) is 22.9 Å². The lowest BCUT2D eigenvalue weighted by Gasteiger charge is -2.18. The summed E-state index contributed by atoms with van der Waals surface area (Å²) in [6, 6.07) is 6.98. The number of rotatable bonds is 4. The van der Waals surface area contributed by atoms with E-state index in [1.807, 2.05) is 0 Å². The molecule has 1 aromatic heterocycles. The molecule has 0 N–H and O–H groups in total. The van der Waals surface area contributed by atoms with Gasteiger partial charge in [-0.05, 0) is 35.2 Å². The van der Waals surface area contributed by atoms with Gasteiger partial charge in [0.15, 0.2) is 0 Å². The van der Waals surface area contributed by atoms with Crippen molar-refractivity contribution < 1.29 is 12.8 Å². The molecular weight excluding hydrogens is 309 g/mol. The maximum absolute atomic E-state index is 13.1. The molecule has 0 aliphatic rings. The van der Waals surface area contributed by atoms with Crippen molar-refractivity contribution >= 4 is 38.6 Å². The van der Waals surface area contributed by atoms with E-state index in [1.165, 1.54) is 37.4 Å². The number of halogens is 2. The number of alkyl halides is 1. The molecule has 0 saturated heterocycles. The van der Waals surface area contributed by atoms with Gasteiger partial charge in [0.25, 0.3) is 10.0 Å². The molecule has 1 heterocycles. The molecule has 0 aliphatic carbocycles. The average Bonchev–Trinajstić information content (AvgIpc) is 2.87. The van der Waals surface area contributed by atoms with Crippen LogP contribution in [0.2, 0.25) is 0 Å². The Kier molecular flexibility index (Phi) is 4.13. The smallest absolute Gasteiger partial charge is 0.269 e. The van der Waals surface area contributed by atoms with E-state index >= 15 is 0 Å². The average molecular weight is 320 g/mol. The lowest BCUT2D eigenvalue weighted by molar-refractivity contribution is 0.596. The third-order valence-corrected chi connectivity index (χ3v) is 6.13. The summed E-state index contributed by atoms with van der Waals surface area (Å²) in [7, 11) is -2.28. The predicted molar refractivity (Wildman–Crippen MR) is 75.9 cm³/mol. The SMILES string of the molecule is CN(c1cccc(F)c1)S(=O)(=O)c1cc(CCl)cs1. The van der Waals surface area contributed by atoms with Crippen LogP contribution in [-0.4, -0.2) is 15.5 Å². The van der Waals surface area contributed by atoms with E-state index in [2.05, 4.69) is 0 Å². The van der Waals surface area contributed by atoms with E-state index < -0.39 is 15.8 Å². The van der Waals surface area contributed by atoms with Gasteiger partial charge in [-0.1, -0.05) is 6.07 Å². The summed E-state index contributed by atoms with van der Waals surface area (Å²) in [5.41, 5.74) is 1.03. The molecule has 2 rings (SSSR count). The van der Waals surface area contributed by atoms with Crippen molar-refractivity contribution in [3.63, 3.8) is 0 Å². The largest absolute Gasteiger partial charge is 0.273 e. The first kappa shape index (κ1) is 14.3. The zero-order valence-corrected chi connectivity index (χ0v) is 12.4. The first-order valence-corrected chi connectivity index (χ1v) is 8.18. The summed E-state index contributed by atoms with van der Waals surface area (Å²) in [6.07, 6.45) is 0. The number of sulfonamides is 1. The summed E-state index contributed by atoms with van der Waals surface area (Å²) in [5.74, 6) is -0.220.